The van der Waals surface area contributed by atoms with E-state index in [9.17, 15) is 9.18 Å². The molecule has 2 rings (SSSR count). The van der Waals surface area contributed by atoms with Crippen molar-refractivity contribution in [2.24, 2.45) is 0 Å². The lowest BCUT2D eigenvalue weighted by Gasteiger charge is -2.21. The first kappa shape index (κ1) is 13.3. The maximum absolute atomic E-state index is 13.3. The third-order valence-electron chi connectivity index (χ3n) is 3.19. The summed E-state index contributed by atoms with van der Waals surface area (Å²) in [6.45, 7) is 1.61. The summed E-state index contributed by atoms with van der Waals surface area (Å²) in [5, 5.41) is 3.22. The van der Waals surface area contributed by atoms with Crippen molar-refractivity contribution in [2.75, 3.05) is 20.1 Å². The molecule has 0 spiro atoms. The number of benzene rings is 1. The minimum atomic E-state index is -0.560. The fourth-order valence-electron chi connectivity index (χ4n) is 2.20. The van der Waals surface area contributed by atoms with Crippen LogP contribution >= 0.6 is 11.6 Å². The largest absolute Gasteiger partial charge is 0.340 e. The first-order valence-corrected chi connectivity index (χ1v) is 6.40. The van der Waals surface area contributed by atoms with Gasteiger partial charge in [-0.1, -0.05) is 17.7 Å². The summed E-state index contributed by atoms with van der Waals surface area (Å²) in [5.41, 5.74) is 0.220. The van der Waals surface area contributed by atoms with Gasteiger partial charge in [-0.05, 0) is 31.5 Å². The molecule has 0 aromatic heterocycles. The maximum atomic E-state index is 13.3. The number of likely N-dealkylation sites (N-methyl/N-ethyl adjacent to an activating group) is 1. The van der Waals surface area contributed by atoms with Gasteiger partial charge >= 0.3 is 0 Å². The van der Waals surface area contributed by atoms with Crippen molar-refractivity contribution >= 4 is 17.5 Å². The summed E-state index contributed by atoms with van der Waals surface area (Å²) in [5.74, 6) is -0.803. The van der Waals surface area contributed by atoms with Gasteiger partial charge in [0.2, 0.25) is 0 Å². The zero-order valence-corrected chi connectivity index (χ0v) is 11.0. The molecule has 1 atom stereocenters. The first-order chi connectivity index (χ1) is 8.59. The molecule has 0 saturated carbocycles. The van der Waals surface area contributed by atoms with Crippen molar-refractivity contribution in [3.05, 3.63) is 34.6 Å². The Bertz CT molecular complexity index is 447. The monoisotopic (exact) mass is 270 g/mol. The molecular weight excluding hydrogens is 255 g/mol. The number of hydrogen-bond donors (Lipinski definition) is 1. The standard InChI is InChI=1S/C13H16ClFN2O/c1-17(8-9-4-3-7-16-9)13(18)10-5-2-6-11(15)12(10)14/h2,5-6,9,16H,3-4,7-8H2,1H3. The molecule has 18 heavy (non-hydrogen) atoms. The van der Waals surface area contributed by atoms with E-state index in [-0.39, 0.29) is 16.5 Å². The fourth-order valence-corrected chi connectivity index (χ4v) is 2.41. The van der Waals surface area contributed by atoms with E-state index in [1.807, 2.05) is 0 Å². The van der Waals surface area contributed by atoms with Crippen molar-refractivity contribution in [1.29, 1.82) is 0 Å². The summed E-state index contributed by atoms with van der Waals surface area (Å²) >= 11 is 5.81. The van der Waals surface area contributed by atoms with Crippen LogP contribution in [0.3, 0.4) is 0 Å². The summed E-state index contributed by atoms with van der Waals surface area (Å²) < 4.78 is 13.3. The molecule has 0 aliphatic carbocycles. The predicted molar refractivity (Wildman–Crippen MR) is 69.4 cm³/mol. The van der Waals surface area contributed by atoms with Gasteiger partial charge in [0.05, 0.1) is 10.6 Å². The first-order valence-electron chi connectivity index (χ1n) is 6.02. The normalized spacial score (nSPS) is 18.9. The smallest absolute Gasteiger partial charge is 0.255 e. The highest BCUT2D eigenvalue weighted by atomic mass is 35.5. The Morgan fingerprint density at radius 3 is 3.06 bits per heavy atom. The van der Waals surface area contributed by atoms with Crippen molar-refractivity contribution in [1.82, 2.24) is 10.2 Å². The van der Waals surface area contributed by atoms with Gasteiger partial charge in [-0.25, -0.2) is 4.39 Å². The molecule has 1 amide bonds. The summed E-state index contributed by atoms with van der Waals surface area (Å²) in [7, 11) is 1.71. The number of carbonyl (C=O) groups is 1. The second kappa shape index (κ2) is 5.67. The van der Waals surface area contributed by atoms with Crippen molar-refractivity contribution < 1.29 is 9.18 Å². The van der Waals surface area contributed by atoms with Crippen LogP contribution in [0.5, 0.6) is 0 Å². The lowest BCUT2D eigenvalue weighted by Crippen LogP contribution is -2.38. The third-order valence-corrected chi connectivity index (χ3v) is 3.57. The van der Waals surface area contributed by atoms with Crippen LogP contribution < -0.4 is 5.32 Å². The van der Waals surface area contributed by atoms with Gasteiger partial charge in [0.25, 0.3) is 5.91 Å². The SMILES string of the molecule is CN(CC1CCCN1)C(=O)c1cccc(F)c1Cl. The molecule has 5 heteroatoms. The van der Waals surface area contributed by atoms with E-state index in [4.69, 9.17) is 11.6 Å². The number of hydrogen-bond acceptors (Lipinski definition) is 2. The highest BCUT2D eigenvalue weighted by Gasteiger charge is 2.21. The van der Waals surface area contributed by atoms with Gasteiger partial charge in [-0.3, -0.25) is 4.79 Å². The minimum absolute atomic E-state index is 0.103. The van der Waals surface area contributed by atoms with E-state index in [1.54, 1.807) is 18.0 Å². The molecule has 1 aliphatic heterocycles. The third kappa shape index (κ3) is 2.82. The molecule has 1 aromatic carbocycles. The van der Waals surface area contributed by atoms with Crippen LogP contribution in [0.15, 0.2) is 18.2 Å². The summed E-state index contributed by atoms with van der Waals surface area (Å²) in [6, 6.07) is 4.62. The molecule has 98 valence electrons. The van der Waals surface area contributed by atoms with Gasteiger partial charge in [0, 0.05) is 19.6 Å². The molecule has 1 fully saturated rings. The lowest BCUT2D eigenvalue weighted by molar-refractivity contribution is 0.0783. The van der Waals surface area contributed by atoms with Crippen molar-refractivity contribution in [3.63, 3.8) is 0 Å². The molecule has 3 nitrogen and oxygen atoms in total. The zero-order valence-electron chi connectivity index (χ0n) is 10.2. The van der Waals surface area contributed by atoms with Crippen LogP contribution in [0, 0.1) is 5.82 Å². The molecule has 1 unspecified atom stereocenters. The van der Waals surface area contributed by atoms with Gasteiger partial charge in [-0.2, -0.15) is 0 Å². The average molecular weight is 271 g/mol. The van der Waals surface area contributed by atoms with E-state index < -0.39 is 5.82 Å². The van der Waals surface area contributed by atoms with Crippen LogP contribution in [-0.4, -0.2) is 37.0 Å². The number of rotatable bonds is 3. The van der Waals surface area contributed by atoms with Crippen molar-refractivity contribution in [3.8, 4) is 0 Å². The molecule has 1 aromatic rings. The molecule has 1 N–H and O–H groups in total. The van der Waals surface area contributed by atoms with Gasteiger partial charge in [0.15, 0.2) is 0 Å². The molecule has 1 saturated heterocycles. The Labute approximate surface area is 111 Å². The Hall–Kier alpha value is -1.13. The quantitative estimate of drug-likeness (QED) is 0.914. The van der Waals surface area contributed by atoms with Crippen LogP contribution in [0.4, 0.5) is 4.39 Å². The Kier molecular flexibility index (Phi) is 4.19. The number of halogens is 2. The van der Waals surface area contributed by atoms with Gasteiger partial charge in [0.1, 0.15) is 5.82 Å². The Morgan fingerprint density at radius 2 is 2.39 bits per heavy atom. The average Bonchev–Trinajstić information content (AvgIpc) is 2.84. The molecule has 1 aliphatic rings. The molecule has 1 heterocycles. The molecule has 0 bridgehead atoms. The van der Waals surface area contributed by atoms with Crippen LogP contribution in [0.2, 0.25) is 5.02 Å². The predicted octanol–water partition coefficient (Wildman–Crippen LogP) is 2.30. The fraction of sp³-hybridized carbons (Fsp3) is 0.462. The summed E-state index contributed by atoms with van der Waals surface area (Å²) in [4.78, 5) is 13.7. The minimum Gasteiger partial charge on any atom is -0.340 e. The molecule has 0 radical (unpaired) electrons. The highest BCUT2D eigenvalue weighted by molar-refractivity contribution is 6.33. The van der Waals surface area contributed by atoms with E-state index in [0.717, 1.165) is 19.4 Å². The van der Waals surface area contributed by atoms with Gasteiger partial charge < -0.3 is 10.2 Å². The number of nitrogens with one attached hydrogen (secondary N) is 1. The van der Waals surface area contributed by atoms with Crippen LogP contribution in [0.25, 0.3) is 0 Å². The highest BCUT2D eigenvalue weighted by Crippen LogP contribution is 2.21. The number of carbonyl (C=O) groups excluding carboxylic acids is 1. The zero-order chi connectivity index (χ0) is 13.1. The second-order valence-electron chi connectivity index (χ2n) is 4.58. The number of nitrogens with zero attached hydrogens (tertiary/aromatic N) is 1. The van der Waals surface area contributed by atoms with Gasteiger partial charge in [-0.15, -0.1) is 0 Å². The summed E-state index contributed by atoms with van der Waals surface area (Å²) in [6.07, 6.45) is 2.20. The molecular formula is C13H16ClFN2O. The van der Waals surface area contributed by atoms with Crippen LogP contribution in [0.1, 0.15) is 23.2 Å². The topological polar surface area (TPSA) is 32.3 Å². The van der Waals surface area contributed by atoms with E-state index >= 15 is 0 Å². The maximum Gasteiger partial charge on any atom is 0.255 e. The van der Waals surface area contributed by atoms with Crippen molar-refractivity contribution in [2.45, 2.75) is 18.9 Å². The Morgan fingerprint density at radius 1 is 1.61 bits per heavy atom. The van der Waals surface area contributed by atoms with E-state index in [1.165, 1.54) is 12.1 Å². The lowest BCUT2D eigenvalue weighted by atomic mass is 10.1. The van der Waals surface area contributed by atoms with Crippen LogP contribution in [-0.2, 0) is 0 Å². The number of amides is 1. The van der Waals surface area contributed by atoms with E-state index in [0.29, 0.717) is 12.6 Å². The Balaban J connectivity index is 2.07. The van der Waals surface area contributed by atoms with E-state index in [2.05, 4.69) is 5.32 Å². The second-order valence-corrected chi connectivity index (χ2v) is 4.96.